The monoisotopic (exact) mass is 279 g/mol. The Hall–Kier alpha value is -2.78. The largest absolute Gasteiger partial charge is 0.433 e. The van der Waals surface area contributed by atoms with Gasteiger partial charge in [0.25, 0.3) is 0 Å². The predicted molar refractivity (Wildman–Crippen MR) is 66.3 cm³/mol. The van der Waals surface area contributed by atoms with E-state index in [-0.39, 0.29) is 0 Å². The highest BCUT2D eigenvalue weighted by atomic mass is 16.7. The summed E-state index contributed by atoms with van der Waals surface area (Å²) in [6, 6.07) is 1.68. The van der Waals surface area contributed by atoms with Gasteiger partial charge in [-0.05, 0) is 19.1 Å². The summed E-state index contributed by atoms with van der Waals surface area (Å²) >= 11 is 0. The third-order valence-electron chi connectivity index (χ3n) is 2.18. The molecule has 10 nitrogen and oxygen atoms in total. The van der Waals surface area contributed by atoms with Crippen LogP contribution in [0, 0.1) is 6.92 Å². The van der Waals surface area contributed by atoms with Crippen LogP contribution in [-0.4, -0.2) is 44.2 Å². The van der Waals surface area contributed by atoms with Gasteiger partial charge in [-0.25, -0.2) is 4.79 Å². The first-order chi connectivity index (χ1) is 9.58. The van der Waals surface area contributed by atoms with Crippen LogP contribution >= 0.6 is 0 Å². The molecule has 10 heteroatoms. The number of aromatic nitrogens is 5. The van der Waals surface area contributed by atoms with Crippen molar-refractivity contribution >= 4 is 11.8 Å². The molecule has 0 aliphatic carbocycles. The number of carbonyl (C=O) groups excluding carboxylic acids is 1. The number of nitrogens with one attached hydrogen (secondary N) is 1. The van der Waals surface area contributed by atoms with Crippen molar-refractivity contribution in [3.05, 3.63) is 17.7 Å². The van der Waals surface area contributed by atoms with Gasteiger partial charge < -0.3 is 9.84 Å². The van der Waals surface area contributed by atoms with E-state index in [1.165, 1.54) is 11.8 Å². The molecule has 0 spiro atoms. The van der Waals surface area contributed by atoms with Gasteiger partial charge in [0.1, 0.15) is 5.76 Å². The molecule has 0 aliphatic rings. The van der Waals surface area contributed by atoms with E-state index in [4.69, 9.17) is 4.52 Å². The molecule has 20 heavy (non-hydrogen) atoms. The molecule has 1 N–H and O–H groups in total. The second-order valence-electron chi connectivity index (χ2n) is 3.92. The Kier molecular flexibility index (Phi) is 4.03. The molecule has 0 unspecified atom stereocenters. The molecular weight excluding hydrogens is 266 g/mol. The van der Waals surface area contributed by atoms with E-state index >= 15 is 0 Å². The van der Waals surface area contributed by atoms with E-state index < -0.39 is 6.09 Å². The molecule has 0 atom stereocenters. The van der Waals surface area contributed by atoms with Crippen molar-refractivity contribution in [2.45, 2.75) is 20.3 Å². The summed E-state index contributed by atoms with van der Waals surface area (Å²) in [4.78, 5) is 16.6. The minimum Gasteiger partial charge on any atom is -0.359 e. The van der Waals surface area contributed by atoms with Crippen LogP contribution in [0.5, 0.6) is 0 Å². The Morgan fingerprint density at radius 1 is 1.60 bits per heavy atom. The minimum atomic E-state index is -0.640. The maximum Gasteiger partial charge on any atom is 0.433 e. The Bertz CT molecular complexity index is 630. The lowest BCUT2D eigenvalue weighted by Crippen LogP contribution is -2.17. The van der Waals surface area contributed by atoms with E-state index in [9.17, 15) is 4.79 Å². The van der Waals surface area contributed by atoms with Gasteiger partial charge in [-0.3, -0.25) is 4.84 Å². The standard InChI is InChI=1S/C10H13N7O3/c1-6(14-20-10(18)11-3)4-8-12-16-17(13-8)9-5-7(2)19-15-9/h5H,4H2,1-3H3,(H,11,18)/b14-6-. The van der Waals surface area contributed by atoms with Crippen LogP contribution in [-0.2, 0) is 11.3 Å². The maximum atomic E-state index is 10.9. The quantitative estimate of drug-likeness (QED) is 0.483. The fraction of sp³-hybridized carbons (Fsp3) is 0.400. The highest BCUT2D eigenvalue weighted by Crippen LogP contribution is 2.05. The van der Waals surface area contributed by atoms with Gasteiger partial charge in [-0.2, -0.15) is 0 Å². The van der Waals surface area contributed by atoms with Gasteiger partial charge in [-0.1, -0.05) is 10.3 Å². The molecule has 0 aliphatic heterocycles. The SMILES string of the molecule is CNC(=O)O/N=C(/C)Cc1nnn(-c2cc(C)on2)n1. The Balaban J connectivity index is 2.01. The van der Waals surface area contributed by atoms with E-state index in [1.54, 1.807) is 19.9 Å². The van der Waals surface area contributed by atoms with Crippen LogP contribution in [0.1, 0.15) is 18.5 Å². The second-order valence-corrected chi connectivity index (χ2v) is 3.92. The molecule has 0 fully saturated rings. The van der Waals surface area contributed by atoms with Crippen LogP contribution in [0.3, 0.4) is 0 Å². The zero-order valence-electron chi connectivity index (χ0n) is 11.2. The highest BCUT2D eigenvalue weighted by molar-refractivity contribution is 5.83. The molecule has 0 radical (unpaired) electrons. The Labute approximate surface area is 113 Å². The number of hydrogen-bond acceptors (Lipinski definition) is 8. The van der Waals surface area contributed by atoms with Gasteiger partial charge in [0.15, 0.2) is 5.82 Å². The lowest BCUT2D eigenvalue weighted by Gasteiger charge is -1.97. The lowest BCUT2D eigenvalue weighted by molar-refractivity contribution is 0.153. The topological polar surface area (TPSA) is 120 Å². The zero-order valence-corrected chi connectivity index (χ0v) is 11.2. The fourth-order valence-electron chi connectivity index (χ4n) is 1.28. The van der Waals surface area contributed by atoms with Crippen molar-refractivity contribution in [3.8, 4) is 5.82 Å². The number of nitrogens with zero attached hydrogens (tertiary/aromatic N) is 6. The first kappa shape index (κ1) is 13.6. The summed E-state index contributed by atoms with van der Waals surface area (Å²) in [5, 5.41) is 21.5. The Morgan fingerprint density at radius 2 is 2.40 bits per heavy atom. The second kappa shape index (κ2) is 5.91. The molecule has 0 aromatic carbocycles. The number of aryl methyl sites for hydroxylation is 1. The van der Waals surface area contributed by atoms with E-state index in [0.29, 0.717) is 29.5 Å². The first-order valence-corrected chi connectivity index (χ1v) is 5.73. The van der Waals surface area contributed by atoms with E-state index in [2.05, 4.69) is 35.9 Å². The van der Waals surface area contributed by atoms with Crippen LogP contribution < -0.4 is 5.32 Å². The molecule has 2 rings (SSSR count). The van der Waals surface area contributed by atoms with Crippen molar-refractivity contribution in [2.75, 3.05) is 7.05 Å². The first-order valence-electron chi connectivity index (χ1n) is 5.73. The molecule has 106 valence electrons. The average molecular weight is 279 g/mol. The van der Waals surface area contributed by atoms with Crippen molar-refractivity contribution in [2.24, 2.45) is 5.16 Å². The number of tetrazole rings is 1. The van der Waals surface area contributed by atoms with Gasteiger partial charge in [0.2, 0.25) is 5.82 Å². The molecule has 0 saturated heterocycles. The van der Waals surface area contributed by atoms with Crippen LogP contribution in [0.15, 0.2) is 15.7 Å². The zero-order chi connectivity index (χ0) is 14.5. The molecule has 2 aromatic heterocycles. The van der Waals surface area contributed by atoms with Crippen molar-refractivity contribution in [1.82, 2.24) is 30.7 Å². The molecule has 0 bridgehead atoms. The highest BCUT2D eigenvalue weighted by Gasteiger charge is 2.10. The lowest BCUT2D eigenvalue weighted by atomic mass is 10.3. The summed E-state index contributed by atoms with van der Waals surface area (Å²) in [7, 11) is 1.44. The smallest absolute Gasteiger partial charge is 0.359 e. The number of carbonyl (C=O) groups is 1. The number of oxime groups is 1. The molecular formula is C10H13N7O3. The van der Waals surface area contributed by atoms with Gasteiger partial charge in [0.05, 0.1) is 12.1 Å². The summed E-state index contributed by atoms with van der Waals surface area (Å²) in [5.41, 5.74) is 0.532. The van der Waals surface area contributed by atoms with E-state index in [1.807, 2.05) is 0 Å². The van der Waals surface area contributed by atoms with Crippen molar-refractivity contribution in [1.29, 1.82) is 0 Å². The Morgan fingerprint density at radius 3 is 3.05 bits per heavy atom. The maximum absolute atomic E-state index is 10.9. The van der Waals surface area contributed by atoms with Crippen molar-refractivity contribution < 1.29 is 14.2 Å². The average Bonchev–Trinajstić information content (AvgIpc) is 3.05. The van der Waals surface area contributed by atoms with Crippen molar-refractivity contribution in [3.63, 3.8) is 0 Å². The molecule has 2 heterocycles. The number of rotatable bonds is 4. The third-order valence-corrected chi connectivity index (χ3v) is 2.18. The minimum absolute atomic E-state index is 0.299. The van der Waals surface area contributed by atoms with Crippen LogP contribution in [0.25, 0.3) is 5.82 Å². The third kappa shape index (κ3) is 3.37. The summed E-state index contributed by atoms with van der Waals surface area (Å²) < 4.78 is 4.92. The van der Waals surface area contributed by atoms with Gasteiger partial charge in [-0.15, -0.1) is 15.0 Å². The number of hydrogen-bond donors (Lipinski definition) is 1. The predicted octanol–water partition coefficient (Wildman–Crippen LogP) is 0.233. The van der Waals surface area contributed by atoms with Gasteiger partial charge in [0, 0.05) is 13.1 Å². The van der Waals surface area contributed by atoms with Crippen LogP contribution in [0.2, 0.25) is 0 Å². The summed E-state index contributed by atoms with van der Waals surface area (Å²) in [6.45, 7) is 3.45. The van der Waals surface area contributed by atoms with Gasteiger partial charge >= 0.3 is 6.09 Å². The normalized spacial score (nSPS) is 11.4. The molecule has 2 aromatic rings. The molecule has 1 amide bonds. The number of amides is 1. The van der Waals surface area contributed by atoms with E-state index in [0.717, 1.165) is 0 Å². The van der Waals surface area contributed by atoms with Crippen LogP contribution in [0.4, 0.5) is 4.79 Å². The summed E-state index contributed by atoms with van der Waals surface area (Å²) in [5.74, 6) is 1.51. The molecule has 0 saturated carbocycles. The fourth-order valence-corrected chi connectivity index (χ4v) is 1.28. The summed E-state index contributed by atoms with van der Waals surface area (Å²) in [6.07, 6.45) is -0.340.